The molecule has 1 fully saturated rings. The lowest BCUT2D eigenvalue weighted by Gasteiger charge is -2.31. The molecule has 0 aliphatic heterocycles. The number of nitrogens with one attached hydrogen (secondary N) is 1. The van der Waals surface area contributed by atoms with E-state index >= 15 is 0 Å². The van der Waals surface area contributed by atoms with Crippen molar-refractivity contribution in [2.24, 2.45) is 0 Å². The molecule has 0 aromatic carbocycles. The molecular weight excluding hydrogens is 222 g/mol. The number of ether oxygens (including phenoxy) is 1. The Morgan fingerprint density at radius 1 is 1.41 bits per heavy atom. The van der Waals surface area contributed by atoms with E-state index in [4.69, 9.17) is 10.5 Å². The summed E-state index contributed by atoms with van der Waals surface area (Å²) in [5.41, 5.74) is 5.56. The molecule has 2 rings (SSSR count). The van der Waals surface area contributed by atoms with Gasteiger partial charge < -0.3 is 20.9 Å². The minimum Gasteiger partial charge on any atom is -0.463 e. The minimum atomic E-state index is -0.220. The number of nitrogen functional groups attached to an aromatic ring is 1. The van der Waals surface area contributed by atoms with Crippen molar-refractivity contribution in [1.29, 1.82) is 0 Å². The van der Waals surface area contributed by atoms with Crippen molar-refractivity contribution >= 4 is 11.9 Å². The molecule has 7 heteroatoms. The Morgan fingerprint density at radius 2 is 2.18 bits per heavy atom. The van der Waals surface area contributed by atoms with Crippen molar-refractivity contribution in [2.75, 3.05) is 17.7 Å². The third-order valence-electron chi connectivity index (χ3n) is 2.51. The van der Waals surface area contributed by atoms with E-state index in [1.165, 1.54) is 0 Å². The Bertz CT molecular complexity index is 381. The highest BCUT2D eigenvalue weighted by atomic mass is 16.5. The largest absolute Gasteiger partial charge is 0.463 e. The van der Waals surface area contributed by atoms with Crippen LogP contribution in [0.4, 0.5) is 11.9 Å². The lowest BCUT2D eigenvalue weighted by Crippen LogP contribution is -2.39. The molecule has 1 aliphatic carbocycles. The molecule has 7 nitrogen and oxygen atoms in total. The number of hydrogen-bond donors (Lipinski definition) is 3. The summed E-state index contributed by atoms with van der Waals surface area (Å²) in [5, 5.41) is 12.3. The number of aromatic nitrogens is 3. The number of rotatable bonds is 5. The Kier molecular flexibility index (Phi) is 3.58. The zero-order valence-corrected chi connectivity index (χ0v) is 9.76. The average molecular weight is 239 g/mol. The van der Waals surface area contributed by atoms with Gasteiger partial charge in [-0.05, 0) is 19.3 Å². The van der Waals surface area contributed by atoms with Gasteiger partial charge in [-0.2, -0.15) is 15.0 Å². The molecule has 1 aromatic rings. The van der Waals surface area contributed by atoms with E-state index in [9.17, 15) is 5.11 Å². The first-order valence-corrected chi connectivity index (χ1v) is 5.76. The monoisotopic (exact) mass is 239 g/mol. The van der Waals surface area contributed by atoms with E-state index in [0.29, 0.717) is 25.4 Å². The normalized spacial score (nSPS) is 22.9. The summed E-state index contributed by atoms with van der Waals surface area (Å²) in [4.78, 5) is 12.0. The second-order valence-corrected chi connectivity index (χ2v) is 4.11. The Labute approximate surface area is 99.4 Å². The lowest BCUT2D eigenvalue weighted by molar-refractivity contribution is 0.0834. The fourth-order valence-electron chi connectivity index (χ4n) is 1.58. The Hall–Kier alpha value is -1.63. The first-order valence-electron chi connectivity index (χ1n) is 5.76. The summed E-state index contributed by atoms with van der Waals surface area (Å²) in [6.45, 7) is 2.55. The number of nitrogens with zero attached hydrogens (tertiary/aromatic N) is 3. The van der Waals surface area contributed by atoms with Gasteiger partial charge in [0.25, 0.3) is 0 Å². The summed E-state index contributed by atoms with van der Waals surface area (Å²) < 4.78 is 5.30. The molecule has 0 radical (unpaired) electrons. The smallest absolute Gasteiger partial charge is 0.323 e. The van der Waals surface area contributed by atoms with Crippen LogP contribution in [0.5, 0.6) is 6.01 Å². The molecule has 0 spiro atoms. The van der Waals surface area contributed by atoms with Crippen LogP contribution in [0.3, 0.4) is 0 Å². The molecule has 1 aromatic heterocycles. The molecule has 1 heterocycles. The lowest BCUT2D eigenvalue weighted by atomic mass is 9.90. The molecular formula is C10H17N5O2. The van der Waals surface area contributed by atoms with Gasteiger partial charge in [-0.15, -0.1) is 0 Å². The van der Waals surface area contributed by atoms with Crippen molar-refractivity contribution in [3.63, 3.8) is 0 Å². The van der Waals surface area contributed by atoms with Gasteiger partial charge in [0, 0.05) is 6.04 Å². The summed E-state index contributed by atoms with van der Waals surface area (Å²) in [5.74, 6) is 0.536. The number of aliphatic hydroxyl groups is 1. The molecule has 94 valence electrons. The average Bonchev–Trinajstić information content (AvgIpc) is 2.23. The van der Waals surface area contributed by atoms with Gasteiger partial charge in [-0.3, -0.25) is 0 Å². The third kappa shape index (κ3) is 3.16. The van der Waals surface area contributed by atoms with Gasteiger partial charge in [0.05, 0.1) is 12.7 Å². The number of nitrogens with two attached hydrogens (primary N) is 1. The Morgan fingerprint density at radius 3 is 2.82 bits per heavy atom. The first-order chi connectivity index (χ1) is 8.17. The molecule has 0 atom stereocenters. The zero-order chi connectivity index (χ0) is 12.3. The van der Waals surface area contributed by atoms with Crippen molar-refractivity contribution < 1.29 is 9.84 Å². The van der Waals surface area contributed by atoms with Crippen molar-refractivity contribution in [1.82, 2.24) is 15.0 Å². The number of hydrogen-bond acceptors (Lipinski definition) is 7. The van der Waals surface area contributed by atoms with Gasteiger partial charge in [0.15, 0.2) is 0 Å². The number of anilines is 2. The van der Waals surface area contributed by atoms with Crippen molar-refractivity contribution in [3.8, 4) is 6.01 Å². The molecule has 0 amide bonds. The third-order valence-corrected chi connectivity index (χ3v) is 2.51. The topological polar surface area (TPSA) is 106 Å². The maximum absolute atomic E-state index is 9.18. The van der Waals surface area contributed by atoms with Crippen LogP contribution in [0.15, 0.2) is 0 Å². The maximum atomic E-state index is 9.18. The second kappa shape index (κ2) is 5.13. The van der Waals surface area contributed by atoms with E-state index < -0.39 is 0 Å². The maximum Gasteiger partial charge on any atom is 0.323 e. The standard InChI is InChI=1S/C10H17N5O2/c1-2-3-17-10-14-8(11)13-9(15-10)12-6-4-7(16)5-6/h6-7,16H,2-5H2,1H3,(H3,11,12,13,14,15). The van der Waals surface area contributed by atoms with E-state index in [1.807, 2.05) is 6.92 Å². The zero-order valence-electron chi connectivity index (χ0n) is 9.76. The molecule has 1 aliphatic rings. The highest BCUT2D eigenvalue weighted by molar-refractivity contribution is 5.34. The predicted molar refractivity (Wildman–Crippen MR) is 62.7 cm³/mol. The molecule has 0 unspecified atom stereocenters. The summed E-state index contributed by atoms with van der Waals surface area (Å²) in [6, 6.07) is 0.438. The van der Waals surface area contributed by atoms with Crippen LogP contribution in [0.25, 0.3) is 0 Å². The molecule has 17 heavy (non-hydrogen) atoms. The van der Waals surface area contributed by atoms with Crippen LogP contribution in [-0.2, 0) is 0 Å². The van der Waals surface area contributed by atoms with Crippen LogP contribution < -0.4 is 15.8 Å². The van der Waals surface area contributed by atoms with Gasteiger partial charge in [0.1, 0.15) is 0 Å². The SMILES string of the molecule is CCCOc1nc(N)nc(NC2CC(O)C2)n1. The van der Waals surface area contributed by atoms with Crippen LogP contribution in [0, 0.1) is 0 Å². The van der Waals surface area contributed by atoms with Gasteiger partial charge in [-0.25, -0.2) is 0 Å². The quantitative estimate of drug-likeness (QED) is 0.672. The van der Waals surface area contributed by atoms with Crippen molar-refractivity contribution in [2.45, 2.75) is 38.3 Å². The van der Waals surface area contributed by atoms with E-state index in [2.05, 4.69) is 20.3 Å². The Balaban J connectivity index is 1.98. The molecule has 4 N–H and O–H groups in total. The van der Waals surface area contributed by atoms with Crippen LogP contribution in [0.1, 0.15) is 26.2 Å². The minimum absolute atomic E-state index is 0.133. The van der Waals surface area contributed by atoms with Gasteiger partial charge in [0.2, 0.25) is 11.9 Å². The predicted octanol–water partition coefficient (Wildman–Crippen LogP) is 0.178. The summed E-state index contributed by atoms with van der Waals surface area (Å²) in [7, 11) is 0. The molecule has 0 bridgehead atoms. The van der Waals surface area contributed by atoms with Crippen LogP contribution in [0.2, 0.25) is 0 Å². The highest BCUT2D eigenvalue weighted by Crippen LogP contribution is 2.23. The highest BCUT2D eigenvalue weighted by Gasteiger charge is 2.27. The molecule has 0 saturated heterocycles. The van der Waals surface area contributed by atoms with E-state index in [-0.39, 0.29) is 24.1 Å². The fraction of sp³-hybridized carbons (Fsp3) is 0.700. The van der Waals surface area contributed by atoms with E-state index in [1.54, 1.807) is 0 Å². The fourth-order valence-corrected chi connectivity index (χ4v) is 1.58. The second-order valence-electron chi connectivity index (χ2n) is 4.11. The van der Waals surface area contributed by atoms with Gasteiger partial charge >= 0.3 is 6.01 Å². The van der Waals surface area contributed by atoms with Gasteiger partial charge in [-0.1, -0.05) is 6.92 Å². The number of aliphatic hydroxyl groups excluding tert-OH is 1. The van der Waals surface area contributed by atoms with Crippen molar-refractivity contribution in [3.05, 3.63) is 0 Å². The van der Waals surface area contributed by atoms with Crippen LogP contribution >= 0.6 is 0 Å². The summed E-state index contributed by atoms with van der Waals surface area (Å²) in [6.07, 6.45) is 2.07. The molecule has 1 saturated carbocycles. The van der Waals surface area contributed by atoms with Crippen LogP contribution in [-0.4, -0.2) is 38.8 Å². The van der Waals surface area contributed by atoms with E-state index in [0.717, 1.165) is 6.42 Å². The first kappa shape index (κ1) is 11.8. The summed E-state index contributed by atoms with van der Waals surface area (Å²) >= 11 is 0.